The van der Waals surface area contributed by atoms with Gasteiger partial charge in [0.05, 0.1) is 11.5 Å². The van der Waals surface area contributed by atoms with Gasteiger partial charge in [0.1, 0.15) is 18.3 Å². The second-order valence-corrected chi connectivity index (χ2v) is 23.3. The van der Waals surface area contributed by atoms with Crippen molar-refractivity contribution >= 4 is 30.1 Å². The van der Waals surface area contributed by atoms with E-state index in [1.807, 2.05) is 67.7 Å². The van der Waals surface area contributed by atoms with Crippen LogP contribution in [-0.4, -0.2) is 61.4 Å². The number of aliphatic hydroxyl groups is 1. The Hall–Kier alpha value is -0.996. The van der Waals surface area contributed by atoms with Crippen LogP contribution in [-0.2, 0) is 28.5 Å². The molecule has 11 nitrogen and oxygen atoms in total. The summed E-state index contributed by atoms with van der Waals surface area (Å²) in [5.74, 6) is -2.12. The summed E-state index contributed by atoms with van der Waals surface area (Å²) in [6, 6.07) is 5.28. The van der Waals surface area contributed by atoms with Gasteiger partial charge in [0, 0.05) is 17.7 Å². The number of nitro benzene ring substituents is 1. The van der Waals surface area contributed by atoms with Gasteiger partial charge in [-0.05, 0) is 48.4 Å². The zero-order valence-corrected chi connectivity index (χ0v) is 26.2. The Labute approximate surface area is 221 Å². The molecule has 0 radical (unpaired) electrons. The molecule has 212 valence electrons. The molecule has 0 amide bonds. The normalized spacial score (nSPS) is 25.9. The molecule has 3 N–H and O–H groups in total. The maximum absolute atomic E-state index is 12.0. The smallest absolute Gasteiger partial charge is 0.408 e. The Morgan fingerprint density at radius 1 is 1.00 bits per heavy atom. The van der Waals surface area contributed by atoms with E-state index in [9.17, 15) is 29.6 Å². The third-order valence-electron chi connectivity index (χ3n) is 7.74. The van der Waals surface area contributed by atoms with Gasteiger partial charge in [0.25, 0.3) is 5.69 Å². The molecule has 1 aliphatic rings. The lowest BCUT2D eigenvalue weighted by molar-refractivity contribution is -0.384. The quantitative estimate of drug-likeness (QED) is 0.157. The molecule has 37 heavy (non-hydrogen) atoms. The summed E-state index contributed by atoms with van der Waals surface area (Å²) in [5.41, 5.74) is 0.0342. The Kier molecular flexibility index (Phi) is 9.17. The highest BCUT2D eigenvalue weighted by Crippen LogP contribution is 2.49. The summed E-state index contributed by atoms with van der Waals surface area (Å²) in [7, 11) is -9.97. The first kappa shape index (κ1) is 32.2. The molecule has 1 aromatic rings. The summed E-state index contributed by atoms with van der Waals surface area (Å²) in [6.45, 7) is 19.7. The Morgan fingerprint density at radius 3 is 1.86 bits per heavy atom. The number of phosphoric ester groups is 1. The molecular formula is C23H42NO10PSi2. The fourth-order valence-corrected chi connectivity index (χ4v) is 6.36. The average Bonchev–Trinajstić information content (AvgIpc) is 2.96. The average molecular weight is 580 g/mol. The van der Waals surface area contributed by atoms with E-state index in [4.69, 9.17) is 18.1 Å². The highest BCUT2D eigenvalue weighted by Gasteiger charge is 2.61. The predicted molar refractivity (Wildman–Crippen MR) is 144 cm³/mol. The van der Waals surface area contributed by atoms with Crippen molar-refractivity contribution in [1.29, 1.82) is 0 Å². The van der Waals surface area contributed by atoms with Crippen LogP contribution in [0.25, 0.3) is 0 Å². The molecule has 0 unspecified atom stereocenters. The van der Waals surface area contributed by atoms with Crippen molar-refractivity contribution in [2.24, 2.45) is 0 Å². The van der Waals surface area contributed by atoms with Crippen LogP contribution in [0.5, 0.6) is 0 Å². The van der Waals surface area contributed by atoms with E-state index < -0.39 is 60.1 Å². The van der Waals surface area contributed by atoms with E-state index in [0.717, 1.165) is 0 Å². The van der Waals surface area contributed by atoms with Crippen LogP contribution < -0.4 is 0 Å². The zero-order valence-electron chi connectivity index (χ0n) is 23.3. The van der Waals surface area contributed by atoms with Gasteiger partial charge in [-0.1, -0.05) is 41.5 Å². The Bertz CT molecular complexity index is 1020. The van der Waals surface area contributed by atoms with Gasteiger partial charge in [-0.25, -0.2) is 4.57 Å². The first-order valence-corrected chi connectivity index (χ1v) is 19.5. The molecule has 0 spiro atoms. The number of nitro groups is 1. The van der Waals surface area contributed by atoms with E-state index in [1.165, 1.54) is 24.3 Å². The minimum Gasteiger partial charge on any atom is -0.408 e. The summed E-state index contributed by atoms with van der Waals surface area (Å²) in [4.78, 5) is 29.4. The summed E-state index contributed by atoms with van der Waals surface area (Å²) in [6.07, 6.45) is -3.15. The summed E-state index contributed by atoms with van der Waals surface area (Å²) in [5, 5.41) is 22.7. The number of benzene rings is 1. The van der Waals surface area contributed by atoms with Crippen LogP contribution in [0.2, 0.25) is 36.3 Å². The number of hydrogen-bond donors (Lipinski definition) is 3. The molecule has 0 bridgehead atoms. The molecule has 2 rings (SSSR count). The highest BCUT2D eigenvalue weighted by atomic mass is 31.2. The first-order valence-electron chi connectivity index (χ1n) is 12.1. The Morgan fingerprint density at radius 2 is 1.46 bits per heavy atom. The van der Waals surface area contributed by atoms with Gasteiger partial charge in [-0.2, -0.15) is 0 Å². The zero-order chi connectivity index (χ0) is 28.8. The lowest BCUT2D eigenvalue weighted by atomic mass is 9.97. The molecule has 1 fully saturated rings. The number of hydrogen-bond acceptors (Lipinski definition) is 8. The molecule has 1 saturated heterocycles. The fourth-order valence-electron chi connectivity index (χ4n) is 3.43. The monoisotopic (exact) mass is 579 g/mol. The maximum Gasteiger partial charge on any atom is 0.469 e. The molecule has 4 atom stereocenters. The standard InChI is InChI=1S/C23H42NO10PSi2/c1-21(2,3)36(7,8)33-19-18(15-31-35(28,29)30)32-23(25,16-11-13-17(14-12-16)24(26)27)20(19)34-37(9,10)22(4,5)6/h11-14,18-20,25H,15H2,1-10H3,(H2,28,29,30)/t18-,19-,20-,23+/m1/s1. The van der Waals surface area contributed by atoms with Gasteiger partial charge < -0.3 is 28.5 Å². The maximum atomic E-state index is 12.0. The third kappa shape index (κ3) is 7.35. The minimum absolute atomic E-state index is 0.164. The van der Waals surface area contributed by atoms with Crippen molar-refractivity contribution in [1.82, 2.24) is 0 Å². The number of non-ortho nitro benzene ring substituents is 1. The van der Waals surface area contributed by atoms with Crippen LogP contribution in [0.4, 0.5) is 5.69 Å². The van der Waals surface area contributed by atoms with Crippen LogP contribution in [0.15, 0.2) is 24.3 Å². The van der Waals surface area contributed by atoms with E-state index in [1.54, 1.807) is 0 Å². The predicted octanol–water partition coefficient (Wildman–Crippen LogP) is 5.03. The van der Waals surface area contributed by atoms with Crippen LogP contribution >= 0.6 is 7.82 Å². The van der Waals surface area contributed by atoms with Crippen molar-refractivity contribution in [3.8, 4) is 0 Å². The molecule has 0 saturated carbocycles. The molecule has 14 heteroatoms. The molecule has 1 aliphatic heterocycles. The number of rotatable bonds is 9. The fraction of sp³-hybridized carbons (Fsp3) is 0.739. The van der Waals surface area contributed by atoms with Gasteiger partial charge in [-0.3, -0.25) is 14.6 Å². The molecule has 0 aliphatic carbocycles. The first-order chi connectivity index (χ1) is 16.4. The lowest BCUT2D eigenvalue weighted by Gasteiger charge is -2.45. The Balaban J connectivity index is 2.69. The van der Waals surface area contributed by atoms with Crippen molar-refractivity contribution in [2.75, 3.05) is 6.61 Å². The minimum atomic E-state index is -4.86. The lowest BCUT2D eigenvalue weighted by Crippen LogP contribution is -2.56. The number of phosphoric acid groups is 1. The molecule has 0 aromatic heterocycles. The van der Waals surface area contributed by atoms with Gasteiger partial charge in [0.2, 0.25) is 5.79 Å². The van der Waals surface area contributed by atoms with Gasteiger partial charge >= 0.3 is 7.82 Å². The second-order valence-electron chi connectivity index (χ2n) is 12.6. The van der Waals surface area contributed by atoms with Gasteiger partial charge in [0.15, 0.2) is 16.6 Å². The van der Waals surface area contributed by atoms with E-state index in [2.05, 4.69) is 0 Å². The van der Waals surface area contributed by atoms with Crippen LogP contribution in [0.3, 0.4) is 0 Å². The molecule has 1 aromatic carbocycles. The van der Waals surface area contributed by atoms with Crippen molar-refractivity contribution < 1.29 is 42.5 Å². The van der Waals surface area contributed by atoms with Crippen LogP contribution in [0.1, 0.15) is 47.1 Å². The number of ether oxygens (including phenoxy) is 1. The number of nitrogens with zero attached hydrogens (tertiary/aromatic N) is 1. The molecule has 1 heterocycles. The molecular weight excluding hydrogens is 537 g/mol. The SMILES string of the molecule is CC(C)(C)[Si](C)(C)O[C@H]1[C@@H](O[Si](C)(C)C(C)(C)C)[C@](O)(c2ccc([N+](=O)[O-])cc2)O[C@@H]1COP(=O)(O)O. The van der Waals surface area contributed by atoms with E-state index >= 15 is 0 Å². The largest absolute Gasteiger partial charge is 0.469 e. The second kappa shape index (κ2) is 10.5. The summed E-state index contributed by atoms with van der Waals surface area (Å²) < 4.78 is 35.9. The van der Waals surface area contributed by atoms with Crippen molar-refractivity contribution in [3.05, 3.63) is 39.9 Å². The van der Waals surface area contributed by atoms with Crippen molar-refractivity contribution in [3.63, 3.8) is 0 Å². The van der Waals surface area contributed by atoms with Crippen LogP contribution in [0, 0.1) is 10.1 Å². The van der Waals surface area contributed by atoms with E-state index in [-0.39, 0.29) is 21.3 Å². The van der Waals surface area contributed by atoms with Gasteiger partial charge in [-0.15, -0.1) is 0 Å². The highest BCUT2D eigenvalue weighted by molar-refractivity contribution is 7.46. The van der Waals surface area contributed by atoms with Crippen molar-refractivity contribution in [2.45, 2.75) is 102 Å². The third-order valence-corrected chi connectivity index (χ3v) is 17.2. The van der Waals surface area contributed by atoms with E-state index in [0.29, 0.717) is 0 Å². The topological polar surface area (TPSA) is 158 Å². The summed E-state index contributed by atoms with van der Waals surface area (Å²) >= 11 is 0.